The number of benzene rings is 1. The predicted octanol–water partition coefficient (Wildman–Crippen LogP) is 7.41. The fourth-order valence-corrected chi connectivity index (χ4v) is 4.12. The summed E-state index contributed by atoms with van der Waals surface area (Å²) >= 11 is 0. The van der Waals surface area contributed by atoms with Gasteiger partial charge in [-0.15, -0.1) is 0 Å². The Balaban J connectivity index is -0.000000961. The molecule has 1 aliphatic carbocycles. The van der Waals surface area contributed by atoms with Gasteiger partial charge in [0.05, 0.1) is 25.7 Å². The van der Waals surface area contributed by atoms with Crippen LogP contribution in [0.5, 0.6) is 0 Å². The third kappa shape index (κ3) is 18.3. The molecule has 0 aliphatic heterocycles. The van der Waals surface area contributed by atoms with E-state index in [4.69, 9.17) is 14.2 Å². The first kappa shape index (κ1) is 40.5. The quantitative estimate of drug-likeness (QED) is 0.153. The second kappa shape index (κ2) is 24.1. The number of hydrogen-bond acceptors (Lipinski definition) is 5. The van der Waals surface area contributed by atoms with Gasteiger partial charge in [0.2, 0.25) is 0 Å². The maximum atomic E-state index is 12.5. The number of Topliss-reactive ketones (excluding diaryl/α,β-unsaturated/α-hetero) is 1. The Morgan fingerprint density at radius 2 is 1.54 bits per heavy atom. The van der Waals surface area contributed by atoms with Crippen LogP contribution in [0.1, 0.15) is 106 Å². The summed E-state index contributed by atoms with van der Waals surface area (Å²) in [7, 11) is 1.66. The van der Waals surface area contributed by atoms with Gasteiger partial charge in [-0.3, -0.25) is 9.59 Å². The van der Waals surface area contributed by atoms with Crippen molar-refractivity contribution in [1.29, 1.82) is 0 Å². The maximum Gasteiger partial charge on any atom is 0.308 e. The average molecular weight is 494 g/mol. The van der Waals surface area contributed by atoms with E-state index in [1.165, 1.54) is 39.0 Å². The van der Waals surface area contributed by atoms with Crippen LogP contribution in [0.4, 0.5) is 0 Å². The minimum absolute atomic E-state index is 0. The van der Waals surface area contributed by atoms with Gasteiger partial charge < -0.3 is 14.2 Å². The molecule has 2 rings (SSSR count). The van der Waals surface area contributed by atoms with Crippen molar-refractivity contribution >= 4 is 20.2 Å². The zero-order valence-electron chi connectivity index (χ0n) is 19.2. The number of esters is 1. The standard InChI is InChI=1S/C25H38O5.4CH4.B/c1-20(26)17-24(15-16-29-19-22-11-7-4-8-12-22)30-25(27)18-23(28-2)14-13-21-9-5-3-6-10-21;;;;;/h4,7-8,11-12,21,23-24H,3,5-6,9-10,13-19H2,1-2H3;4*1H4;. The molecule has 6 heteroatoms. The Bertz CT molecular complexity index is 617. The highest BCUT2D eigenvalue weighted by Gasteiger charge is 2.22. The molecule has 1 saturated carbocycles. The van der Waals surface area contributed by atoms with E-state index in [1.54, 1.807) is 7.11 Å². The summed E-state index contributed by atoms with van der Waals surface area (Å²) in [4.78, 5) is 24.0. The summed E-state index contributed by atoms with van der Waals surface area (Å²) in [6.07, 6.45) is 8.99. The van der Waals surface area contributed by atoms with E-state index in [-0.39, 0.29) is 68.8 Å². The van der Waals surface area contributed by atoms with E-state index in [0.717, 1.165) is 24.3 Å². The van der Waals surface area contributed by atoms with E-state index < -0.39 is 6.10 Å². The Morgan fingerprint density at radius 3 is 2.11 bits per heavy atom. The van der Waals surface area contributed by atoms with Crippen molar-refractivity contribution < 1.29 is 23.8 Å². The van der Waals surface area contributed by atoms with E-state index in [9.17, 15) is 9.59 Å². The first-order valence-electron chi connectivity index (χ1n) is 11.4. The second-order valence-corrected chi connectivity index (χ2v) is 8.49. The Kier molecular flexibility index (Phi) is 27.8. The minimum atomic E-state index is -0.443. The summed E-state index contributed by atoms with van der Waals surface area (Å²) in [5.74, 6) is 0.482. The molecule has 0 amide bonds. The Labute approximate surface area is 219 Å². The van der Waals surface area contributed by atoms with Crippen molar-refractivity contribution in [3.63, 3.8) is 0 Å². The van der Waals surface area contributed by atoms with Gasteiger partial charge in [0, 0.05) is 28.4 Å². The number of ketones is 1. The molecule has 0 saturated heterocycles. The SMILES string of the molecule is C.C.C.C.COC(CCC1CCCCC1)CC(=O)OC(CCOCc1ccccc1)CC(C)=O.[B]. The molecule has 35 heavy (non-hydrogen) atoms. The average Bonchev–Trinajstić information content (AvgIpc) is 2.75. The molecule has 0 bridgehead atoms. The number of ether oxygens (including phenoxy) is 3. The first-order valence-corrected chi connectivity index (χ1v) is 11.4. The Morgan fingerprint density at radius 1 is 0.914 bits per heavy atom. The van der Waals surface area contributed by atoms with Gasteiger partial charge in [0.15, 0.2) is 0 Å². The van der Waals surface area contributed by atoms with Crippen molar-refractivity contribution in [2.75, 3.05) is 13.7 Å². The molecule has 2 unspecified atom stereocenters. The number of carbonyl (C=O) groups excluding carboxylic acids is 2. The third-order valence-electron chi connectivity index (χ3n) is 5.86. The third-order valence-corrected chi connectivity index (χ3v) is 5.86. The van der Waals surface area contributed by atoms with Crippen molar-refractivity contribution in [3.8, 4) is 0 Å². The van der Waals surface area contributed by atoms with Crippen LogP contribution < -0.4 is 0 Å². The maximum absolute atomic E-state index is 12.5. The van der Waals surface area contributed by atoms with Gasteiger partial charge >= 0.3 is 5.97 Å². The molecule has 1 aliphatic rings. The highest BCUT2D eigenvalue weighted by atomic mass is 16.5. The van der Waals surface area contributed by atoms with Crippen LogP contribution >= 0.6 is 0 Å². The molecule has 1 aromatic carbocycles. The topological polar surface area (TPSA) is 61.8 Å². The number of hydrogen-bond donors (Lipinski definition) is 0. The van der Waals surface area contributed by atoms with Crippen LogP contribution in [0, 0.1) is 5.92 Å². The second-order valence-electron chi connectivity index (χ2n) is 8.49. The van der Waals surface area contributed by atoms with Gasteiger partial charge in [-0.2, -0.15) is 0 Å². The number of rotatable bonds is 14. The van der Waals surface area contributed by atoms with Crippen molar-refractivity contribution in [2.45, 2.75) is 120 Å². The van der Waals surface area contributed by atoms with E-state index in [1.807, 2.05) is 30.3 Å². The highest BCUT2D eigenvalue weighted by Crippen LogP contribution is 2.28. The van der Waals surface area contributed by atoms with E-state index >= 15 is 0 Å². The van der Waals surface area contributed by atoms with Gasteiger partial charge in [0.25, 0.3) is 0 Å². The van der Waals surface area contributed by atoms with Crippen molar-refractivity contribution in [1.82, 2.24) is 0 Å². The van der Waals surface area contributed by atoms with Crippen LogP contribution in [-0.4, -0.2) is 46.1 Å². The highest BCUT2D eigenvalue weighted by molar-refractivity contribution is 5.77. The predicted molar refractivity (Wildman–Crippen MR) is 150 cm³/mol. The molecule has 0 spiro atoms. The lowest BCUT2D eigenvalue weighted by molar-refractivity contribution is -0.153. The number of methoxy groups -OCH3 is 1. The summed E-state index contributed by atoms with van der Waals surface area (Å²) < 4.78 is 16.8. The molecular formula is C29H54BO5. The van der Waals surface area contributed by atoms with Crippen LogP contribution in [0.15, 0.2) is 30.3 Å². The van der Waals surface area contributed by atoms with E-state index in [2.05, 4.69) is 0 Å². The molecule has 0 N–H and O–H groups in total. The lowest BCUT2D eigenvalue weighted by atomic mass is 9.85. The van der Waals surface area contributed by atoms with Gasteiger partial charge in [-0.05, 0) is 31.2 Å². The minimum Gasteiger partial charge on any atom is -0.462 e. The number of carbonyl (C=O) groups is 2. The fraction of sp³-hybridized carbons (Fsp3) is 0.724. The van der Waals surface area contributed by atoms with Crippen LogP contribution in [0.25, 0.3) is 0 Å². The van der Waals surface area contributed by atoms with Gasteiger partial charge in [-0.25, -0.2) is 0 Å². The smallest absolute Gasteiger partial charge is 0.308 e. The summed E-state index contributed by atoms with van der Waals surface area (Å²) in [5, 5.41) is 0. The van der Waals surface area contributed by atoms with Crippen molar-refractivity contribution in [2.24, 2.45) is 5.92 Å². The van der Waals surface area contributed by atoms with Gasteiger partial charge in [0.1, 0.15) is 11.9 Å². The van der Waals surface area contributed by atoms with Crippen molar-refractivity contribution in [3.05, 3.63) is 35.9 Å². The molecule has 0 heterocycles. The molecule has 0 aromatic heterocycles. The summed E-state index contributed by atoms with van der Waals surface area (Å²) in [5.41, 5.74) is 1.10. The molecule has 1 aromatic rings. The summed E-state index contributed by atoms with van der Waals surface area (Å²) in [6.45, 7) is 2.47. The molecule has 1 fully saturated rings. The molecule has 203 valence electrons. The summed E-state index contributed by atoms with van der Waals surface area (Å²) in [6, 6.07) is 9.92. The molecule has 5 nitrogen and oxygen atoms in total. The lowest BCUT2D eigenvalue weighted by Gasteiger charge is -2.24. The normalized spacial score (nSPS) is 14.3. The monoisotopic (exact) mass is 493 g/mol. The van der Waals surface area contributed by atoms with Crippen LogP contribution in [0.2, 0.25) is 0 Å². The largest absolute Gasteiger partial charge is 0.462 e. The molecule has 2 atom stereocenters. The Hall–Kier alpha value is -1.66. The molecule has 3 radical (unpaired) electrons. The van der Waals surface area contributed by atoms with Crippen LogP contribution in [0.3, 0.4) is 0 Å². The fourth-order valence-electron chi connectivity index (χ4n) is 4.12. The zero-order chi connectivity index (χ0) is 21.6. The lowest BCUT2D eigenvalue weighted by Crippen LogP contribution is -2.26. The van der Waals surface area contributed by atoms with Crippen LogP contribution in [-0.2, 0) is 30.4 Å². The van der Waals surface area contributed by atoms with E-state index in [0.29, 0.717) is 19.6 Å². The first-order chi connectivity index (χ1) is 14.6. The zero-order valence-corrected chi connectivity index (χ0v) is 19.2. The van der Waals surface area contributed by atoms with Gasteiger partial charge in [-0.1, -0.05) is 92.1 Å². The molecular weight excluding hydrogens is 439 g/mol.